The SMILES string of the molecule is COCCOC1C(Cl)CC1OCC1CCCCCC1. The minimum Gasteiger partial charge on any atom is -0.382 e. The van der Waals surface area contributed by atoms with Gasteiger partial charge in [-0.05, 0) is 25.2 Å². The van der Waals surface area contributed by atoms with E-state index in [4.69, 9.17) is 25.8 Å². The minimum absolute atomic E-state index is 0.0580. The van der Waals surface area contributed by atoms with E-state index in [1.807, 2.05) is 0 Å². The van der Waals surface area contributed by atoms with Gasteiger partial charge >= 0.3 is 0 Å². The van der Waals surface area contributed by atoms with Gasteiger partial charge in [0.1, 0.15) is 6.10 Å². The molecule has 112 valence electrons. The summed E-state index contributed by atoms with van der Waals surface area (Å²) < 4.78 is 16.8. The highest BCUT2D eigenvalue weighted by Crippen LogP contribution is 2.33. The molecule has 0 spiro atoms. The molecule has 0 heterocycles. The quantitative estimate of drug-likeness (QED) is 0.409. The molecule has 2 aliphatic carbocycles. The van der Waals surface area contributed by atoms with Crippen LogP contribution in [0.2, 0.25) is 0 Å². The van der Waals surface area contributed by atoms with Gasteiger partial charge in [-0.1, -0.05) is 25.7 Å². The molecule has 3 atom stereocenters. The summed E-state index contributed by atoms with van der Waals surface area (Å²) in [5.41, 5.74) is 0. The number of hydrogen-bond acceptors (Lipinski definition) is 3. The Morgan fingerprint density at radius 1 is 1.00 bits per heavy atom. The van der Waals surface area contributed by atoms with Gasteiger partial charge in [-0.25, -0.2) is 0 Å². The molecule has 3 unspecified atom stereocenters. The lowest BCUT2D eigenvalue weighted by Gasteiger charge is -2.41. The highest BCUT2D eigenvalue weighted by atomic mass is 35.5. The molecule has 2 fully saturated rings. The van der Waals surface area contributed by atoms with Gasteiger partial charge in [0.25, 0.3) is 0 Å². The summed E-state index contributed by atoms with van der Waals surface area (Å²) in [6.07, 6.45) is 9.35. The molecule has 0 bridgehead atoms. The zero-order valence-corrected chi connectivity index (χ0v) is 12.7. The number of alkyl halides is 1. The van der Waals surface area contributed by atoms with Gasteiger partial charge in [0.05, 0.1) is 24.7 Å². The normalized spacial score (nSPS) is 32.8. The molecular formula is C15H27ClO3. The fraction of sp³-hybridized carbons (Fsp3) is 1.00. The molecule has 2 aliphatic rings. The van der Waals surface area contributed by atoms with E-state index in [0.717, 1.165) is 18.9 Å². The molecule has 0 aromatic carbocycles. The number of methoxy groups -OCH3 is 1. The minimum atomic E-state index is 0.0580. The van der Waals surface area contributed by atoms with Crippen molar-refractivity contribution < 1.29 is 14.2 Å². The first-order valence-electron chi connectivity index (χ1n) is 7.67. The van der Waals surface area contributed by atoms with Crippen LogP contribution in [0.3, 0.4) is 0 Å². The summed E-state index contributed by atoms with van der Waals surface area (Å²) in [6, 6.07) is 0. The number of ether oxygens (including phenoxy) is 3. The lowest BCUT2D eigenvalue weighted by atomic mass is 9.90. The second-order valence-electron chi connectivity index (χ2n) is 5.81. The molecule has 0 saturated heterocycles. The summed E-state index contributed by atoms with van der Waals surface area (Å²) in [4.78, 5) is 0. The van der Waals surface area contributed by atoms with E-state index < -0.39 is 0 Å². The van der Waals surface area contributed by atoms with Crippen molar-refractivity contribution in [2.24, 2.45) is 5.92 Å². The van der Waals surface area contributed by atoms with Gasteiger partial charge in [0.2, 0.25) is 0 Å². The van der Waals surface area contributed by atoms with E-state index >= 15 is 0 Å². The van der Waals surface area contributed by atoms with Crippen LogP contribution < -0.4 is 0 Å². The van der Waals surface area contributed by atoms with E-state index in [0.29, 0.717) is 13.2 Å². The Labute approximate surface area is 121 Å². The summed E-state index contributed by atoms with van der Waals surface area (Å²) in [5, 5.41) is 0.107. The molecule has 4 heteroatoms. The van der Waals surface area contributed by atoms with Crippen molar-refractivity contribution in [1.29, 1.82) is 0 Å². The van der Waals surface area contributed by atoms with E-state index in [9.17, 15) is 0 Å². The third-order valence-electron chi connectivity index (χ3n) is 4.30. The Morgan fingerprint density at radius 3 is 2.37 bits per heavy atom. The molecule has 0 radical (unpaired) electrons. The summed E-state index contributed by atoms with van der Waals surface area (Å²) in [5.74, 6) is 0.747. The zero-order chi connectivity index (χ0) is 13.5. The Kier molecular flexibility index (Phi) is 6.92. The van der Waals surface area contributed by atoms with Crippen molar-refractivity contribution >= 4 is 11.6 Å². The van der Waals surface area contributed by atoms with Crippen molar-refractivity contribution in [2.75, 3.05) is 26.9 Å². The van der Waals surface area contributed by atoms with Crippen molar-refractivity contribution in [1.82, 2.24) is 0 Å². The van der Waals surface area contributed by atoms with Crippen molar-refractivity contribution in [3.8, 4) is 0 Å². The van der Waals surface area contributed by atoms with Crippen LogP contribution in [0.1, 0.15) is 44.9 Å². The highest BCUT2D eigenvalue weighted by molar-refractivity contribution is 6.21. The van der Waals surface area contributed by atoms with Crippen LogP contribution in [0.25, 0.3) is 0 Å². The van der Waals surface area contributed by atoms with E-state index in [-0.39, 0.29) is 17.6 Å². The Morgan fingerprint density at radius 2 is 1.74 bits per heavy atom. The second-order valence-corrected chi connectivity index (χ2v) is 6.37. The summed E-state index contributed by atoms with van der Waals surface area (Å²) in [6.45, 7) is 2.11. The molecule has 3 nitrogen and oxygen atoms in total. The zero-order valence-electron chi connectivity index (χ0n) is 12.0. The van der Waals surface area contributed by atoms with Crippen LogP contribution in [-0.2, 0) is 14.2 Å². The number of hydrogen-bond donors (Lipinski definition) is 0. The lowest BCUT2D eigenvalue weighted by Crippen LogP contribution is -2.51. The molecule has 2 rings (SSSR count). The third kappa shape index (κ3) is 4.89. The molecule has 0 amide bonds. The van der Waals surface area contributed by atoms with E-state index in [1.54, 1.807) is 7.11 Å². The standard InChI is InChI=1S/C15H27ClO3/c1-17-8-9-18-15-13(16)10-14(15)19-11-12-6-4-2-3-5-7-12/h12-15H,2-11H2,1H3. The van der Waals surface area contributed by atoms with Crippen LogP contribution in [0, 0.1) is 5.92 Å². The van der Waals surface area contributed by atoms with Crippen LogP contribution >= 0.6 is 11.6 Å². The fourth-order valence-electron chi connectivity index (χ4n) is 2.96. The predicted octanol–water partition coefficient (Wildman–Crippen LogP) is 3.38. The molecule has 0 aromatic rings. The lowest BCUT2D eigenvalue weighted by molar-refractivity contribution is -0.136. The first-order valence-corrected chi connectivity index (χ1v) is 8.11. The third-order valence-corrected chi connectivity index (χ3v) is 4.73. The summed E-state index contributed by atoms with van der Waals surface area (Å²) >= 11 is 6.19. The van der Waals surface area contributed by atoms with Crippen LogP contribution in [0.4, 0.5) is 0 Å². The van der Waals surface area contributed by atoms with Crippen LogP contribution in [0.15, 0.2) is 0 Å². The largest absolute Gasteiger partial charge is 0.382 e. The molecule has 2 saturated carbocycles. The van der Waals surface area contributed by atoms with Gasteiger partial charge in [-0.3, -0.25) is 0 Å². The maximum atomic E-state index is 6.19. The number of halogens is 1. The maximum Gasteiger partial charge on any atom is 0.100 e. The average Bonchev–Trinajstić information content (AvgIpc) is 2.68. The van der Waals surface area contributed by atoms with Gasteiger partial charge in [0.15, 0.2) is 0 Å². The van der Waals surface area contributed by atoms with Gasteiger partial charge in [0, 0.05) is 13.7 Å². The number of rotatable bonds is 7. The average molecular weight is 291 g/mol. The topological polar surface area (TPSA) is 27.7 Å². The predicted molar refractivity (Wildman–Crippen MR) is 76.8 cm³/mol. The van der Waals surface area contributed by atoms with Gasteiger partial charge in [-0.15, -0.1) is 11.6 Å². The van der Waals surface area contributed by atoms with Gasteiger partial charge in [-0.2, -0.15) is 0 Å². The molecular weight excluding hydrogens is 264 g/mol. The van der Waals surface area contributed by atoms with Gasteiger partial charge < -0.3 is 14.2 Å². The molecule has 0 aromatic heterocycles. The van der Waals surface area contributed by atoms with Crippen molar-refractivity contribution in [2.45, 2.75) is 62.5 Å². The van der Waals surface area contributed by atoms with Crippen molar-refractivity contribution in [3.05, 3.63) is 0 Å². The molecule has 0 aliphatic heterocycles. The molecule has 0 N–H and O–H groups in total. The Hall–Kier alpha value is 0.170. The summed E-state index contributed by atoms with van der Waals surface area (Å²) in [7, 11) is 1.68. The Balaban J connectivity index is 1.64. The van der Waals surface area contributed by atoms with E-state index in [2.05, 4.69) is 0 Å². The first-order chi connectivity index (χ1) is 9.31. The van der Waals surface area contributed by atoms with Crippen molar-refractivity contribution in [3.63, 3.8) is 0 Å². The Bertz CT molecular complexity index is 242. The second kappa shape index (κ2) is 8.46. The maximum absolute atomic E-state index is 6.19. The van der Waals surface area contributed by atoms with Crippen LogP contribution in [0.5, 0.6) is 0 Å². The fourth-order valence-corrected chi connectivity index (χ4v) is 3.37. The first kappa shape index (κ1) is 15.6. The monoisotopic (exact) mass is 290 g/mol. The van der Waals surface area contributed by atoms with E-state index in [1.165, 1.54) is 38.5 Å². The smallest absolute Gasteiger partial charge is 0.100 e. The van der Waals surface area contributed by atoms with Crippen LogP contribution in [-0.4, -0.2) is 44.5 Å². The highest BCUT2D eigenvalue weighted by Gasteiger charge is 2.41. The molecule has 19 heavy (non-hydrogen) atoms.